The standard InChI is InChI=1S/C26H28N2O4/c1-4-17-7-5-9-20-22(16-28-26(17)20)21(14-25(29)27-15-19-8-6-12-32-19)18-10-11-23(30-2)24(13-18)31-3/h5-13,16,21,28H,4,14-15H2,1-3H3,(H,27,29)/t21-/m1/s1. The molecule has 4 aromatic rings. The number of methoxy groups -OCH3 is 2. The predicted octanol–water partition coefficient (Wildman–Crippen LogP) is 5.18. The Labute approximate surface area is 187 Å². The molecular weight excluding hydrogens is 404 g/mol. The lowest BCUT2D eigenvalue weighted by Gasteiger charge is -2.19. The summed E-state index contributed by atoms with van der Waals surface area (Å²) in [6, 6.07) is 15.8. The molecule has 2 heterocycles. The van der Waals surface area contributed by atoms with Gasteiger partial charge in [0.15, 0.2) is 11.5 Å². The topological polar surface area (TPSA) is 76.5 Å². The number of aromatic amines is 1. The summed E-state index contributed by atoms with van der Waals surface area (Å²) < 4.78 is 16.3. The highest BCUT2D eigenvalue weighted by Crippen LogP contribution is 2.38. The second kappa shape index (κ2) is 9.64. The average molecular weight is 433 g/mol. The Morgan fingerprint density at radius 3 is 2.66 bits per heavy atom. The van der Waals surface area contributed by atoms with E-state index < -0.39 is 0 Å². The molecule has 166 valence electrons. The van der Waals surface area contributed by atoms with E-state index in [-0.39, 0.29) is 11.8 Å². The maximum atomic E-state index is 12.9. The summed E-state index contributed by atoms with van der Waals surface area (Å²) >= 11 is 0. The molecule has 2 aromatic heterocycles. The quantitative estimate of drug-likeness (QED) is 0.382. The van der Waals surface area contributed by atoms with Crippen molar-refractivity contribution in [2.24, 2.45) is 0 Å². The number of aromatic nitrogens is 1. The number of benzene rings is 2. The molecule has 0 aliphatic carbocycles. The summed E-state index contributed by atoms with van der Waals surface area (Å²) in [6.07, 6.45) is 4.84. The molecule has 1 atom stereocenters. The van der Waals surface area contributed by atoms with Crippen molar-refractivity contribution in [3.05, 3.63) is 83.4 Å². The zero-order valence-electron chi connectivity index (χ0n) is 18.6. The van der Waals surface area contributed by atoms with E-state index in [1.165, 1.54) is 5.56 Å². The number of hydrogen-bond donors (Lipinski definition) is 2. The Morgan fingerprint density at radius 1 is 1.09 bits per heavy atom. The number of fused-ring (bicyclic) bond motifs is 1. The predicted molar refractivity (Wildman–Crippen MR) is 124 cm³/mol. The Bertz CT molecular complexity index is 1190. The minimum absolute atomic E-state index is 0.0535. The molecule has 2 aromatic carbocycles. The van der Waals surface area contributed by atoms with E-state index in [4.69, 9.17) is 13.9 Å². The van der Waals surface area contributed by atoms with Crippen LogP contribution in [0, 0.1) is 0 Å². The van der Waals surface area contributed by atoms with E-state index in [1.807, 2.05) is 36.5 Å². The second-order valence-corrected chi connectivity index (χ2v) is 7.66. The third-order valence-electron chi connectivity index (χ3n) is 5.83. The molecule has 6 nitrogen and oxygen atoms in total. The highest BCUT2D eigenvalue weighted by Gasteiger charge is 2.23. The van der Waals surface area contributed by atoms with Crippen LogP contribution >= 0.6 is 0 Å². The van der Waals surface area contributed by atoms with Gasteiger partial charge >= 0.3 is 0 Å². The highest BCUT2D eigenvalue weighted by molar-refractivity contribution is 5.88. The van der Waals surface area contributed by atoms with Crippen molar-refractivity contribution < 1.29 is 18.7 Å². The van der Waals surface area contributed by atoms with E-state index in [9.17, 15) is 4.79 Å². The lowest BCUT2D eigenvalue weighted by Crippen LogP contribution is -2.24. The maximum absolute atomic E-state index is 12.9. The number of nitrogens with one attached hydrogen (secondary N) is 2. The molecular formula is C26H28N2O4. The van der Waals surface area contributed by atoms with E-state index in [2.05, 4.69) is 35.4 Å². The lowest BCUT2D eigenvalue weighted by molar-refractivity contribution is -0.121. The van der Waals surface area contributed by atoms with Gasteiger partial charge in [-0.3, -0.25) is 4.79 Å². The Kier molecular flexibility index (Phi) is 6.50. The van der Waals surface area contributed by atoms with Gasteiger partial charge in [-0.1, -0.05) is 31.2 Å². The van der Waals surface area contributed by atoms with Crippen molar-refractivity contribution in [3.63, 3.8) is 0 Å². The number of carbonyl (C=O) groups excluding carboxylic acids is 1. The van der Waals surface area contributed by atoms with Gasteiger partial charge in [-0.25, -0.2) is 0 Å². The third-order valence-corrected chi connectivity index (χ3v) is 5.83. The summed E-state index contributed by atoms with van der Waals surface area (Å²) in [6.45, 7) is 2.50. The van der Waals surface area contributed by atoms with Gasteiger partial charge in [0, 0.05) is 29.4 Å². The van der Waals surface area contributed by atoms with E-state index in [0.29, 0.717) is 24.5 Å². The van der Waals surface area contributed by atoms with Gasteiger partial charge in [-0.15, -0.1) is 0 Å². The molecule has 0 bridgehead atoms. The number of hydrogen-bond acceptors (Lipinski definition) is 4. The molecule has 0 unspecified atom stereocenters. The van der Waals surface area contributed by atoms with Crippen molar-refractivity contribution >= 4 is 16.8 Å². The van der Waals surface area contributed by atoms with Crippen LogP contribution in [0.25, 0.3) is 10.9 Å². The van der Waals surface area contributed by atoms with Gasteiger partial charge in [0.2, 0.25) is 5.91 Å². The molecule has 0 aliphatic rings. The third kappa shape index (κ3) is 4.35. The Hall–Kier alpha value is -3.67. The van der Waals surface area contributed by atoms with Gasteiger partial charge in [-0.05, 0) is 47.4 Å². The zero-order chi connectivity index (χ0) is 22.5. The van der Waals surface area contributed by atoms with Crippen molar-refractivity contribution in [1.82, 2.24) is 10.3 Å². The number of amides is 1. The largest absolute Gasteiger partial charge is 0.493 e. The van der Waals surface area contributed by atoms with Crippen LogP contribution in [0.3, 0.4) is 0 Å². The number of aryl methyl sites for hydroxylation is 1. The van der Waals surface area contributed by atoms with E-state index in [0.717, 1.165) is 34.2 Å². The summed E-state index contributed by atoms with van der Waals surface area (Å²) in [5.74, 6) is 1.81. The molecule has 0 radical (unpaired) electrons. The van der Waals surface area contributed by atoms with Gasteiger partial charge < -0.3 is 24.2 Å². The molecule has 0 fully saturated rings. The molecule has 32 heavy (non-hydrogen) atoms. The molecule has 0 aliphatic heterocycles. The molecule has 4 rings (SSSR count). The van der Waals surface area contributed by atoms with Crippen LogP contribution in [0.5, 0.6) is 11.5 Å². The first-order valence-electron chi connectivity index (χ1n) is 10.7. The van der Waals surface area contributed by atoms with Crippen LogP contribution in [0.15, 0.2) is 65.4 Å². The van der Waals surface area contributed by atoms with Crippen LogP contribution in [0.2, 0.25) is 0 Å². The fraction of sp³-hybridized carbons (Fsp3) is 0.269. The fourth-order valence-electron chi connectivity index (χ4n) is 4.16. The number of H-pyrrole nitrogens is 1. The molecule has 0 spiro atoms. The van der Waals surface area contributed by atoms with Crippen molar-refractivity contribution in [1.29, 1.82) is 0 Å². The number of para-hydroxylation sites is 1. The van der Waals surface area contributed by atoms with Gasteiger partial charge in [0.05, 0.1) is 27.0 Å². The molecule has 0 saturated heterocycles. The van der Waals surface area contributed by atoms with Crippen molar-refractivity contribution in [3.8, 4) is 11.5 Å². The first kappa shape index (κ1) is 21.6. The van der Waals surface area contributed by atoms with Gasteiger partial charge in [0.25, 0.3) is 0 Å². The summed E-state index contributed by atoms with van der Waals surface area (Å²) in [4.78, 5) is 16.4. The average Bonchev–Trinajstić information content (AvgIpc) is 3.50. The number of rotatable bonds is 9. The fourth-order valence-corrected chi connectivity index (χ4v) is 4.16. The van der Waals surface area contributed by atoms with Crippen LogP contribution in [0.1, 0.15) is 41.7 Å². The zero-order valence-corrected chi connectivity index (χ0v) is 18.6. The van der Waals surface area contributed by atoms with Gasteiger partial charge in [-0.2, -0.15) is 0 Å². The second-order valence-electron chi connectivity index (χ2n) is 7.66. The number of furan rings is 1. The number of carbonyl (C=O) groups is 1. The van der Waals surface area contributed by atoms with Crippen LogP contribution in [0.4, 0.5) is 0 Å². The minimum Gasteiger partial charge on any atom is -0.493 e. The van der Waals surface area contributed by atoms with Crippen LogP contribution in [-0.2, 0) is 17.8 Å². The first-order valence-corrected chi connectivity index (χ1v) is 10.7. The van der Waals surface area contributed by atoms with E-state index >= 15 is 0 Å². The minimum atomic E-state index is -0.160. The lowest BCUT2D eigenvalue weighted by atomic mass is 9.87. The smallest absolute Gasteiger partial charge is 0.221 e. The van der Waals surface area contributed by atoms with Crippen LogP contribution in [-0.4, -0.2) is 25.1 Å². The molecule has 0 saturated carbocycles. The SMILES string of the molecule is CCc1cccc2c([C@H](CC(=O)NCc3ccco3)c3ccc(OC)c(OC)c3)c[nH]c12. The molecule has 1 amide bonds. The first-order chi connectivity index (χ1) is 15.6. The van der Waals surface area contributed by atoms with E-state index in [1.54, 1.807) is 20.5 Å². The summed E-state index contributed by atoms with van der Waals surface area (Å²) in [7, 11) is 3.23. The Morgan fingerprint density at radius 2 is 1.94 bits per heavy atom. The summed E-state index contributed by atoms with van der Waals surface area (Å²) in [5, 5.41) is 4.10. The van der Waals surface area contributed by atoms with Gasteiger partial charge in [0.1, 0.15) is 5.76 Å². The normalized spacial score (nSPS) is 12.0. The monoisotopic (exact) mass is 432 g/mol. The molecule has 2 N–H and O–H groups in total. The van der Waals surface area contributed by atoms with Crippen molar-refractivity contribution in [2.75, 3.05) is 14.2 Å². The summed E-state index contributed by atoms with van der Waals surface area (Å²) in [5.41, 5.74) is 4.43. The Balaban J connectivity index is 1.71. The number of ether oxygens (including phenoxy) is 2. The highest BCUT2D eigenvalue weighted by atomic mass is 16.5. The maximum Gasteiger partial charge on any atom is 0.221 e. The van der Waals surface area contributed by atoms with Crippen LogP contribution < -0.4 is 14.8 Å². The van der Waals surface area contributed by atoms with Crippen molar-refractivity contribution in [2.45, 2.75) is 32.2 Å². The molecule has 6 heteroatoms.